The average Bonchev–Trinajstić information content (AvgIpc) is 2.86. The molecule has 2 rings (SSSR count). The van der Waals surface area contributed by atoms with E-state index in [1.165, 1.54) is 0 Å². The summed E-state index contributed by atoms with van der Waals surface area (Å²) in [5.41, 5.74) is 1.19. The SMILES string of the molecule is CC(CC(=O)O)Cc1nnc(-c2cccc(C#N)c2)o1. The Labute approximate surface area is 115 Å². The highest BCUT2D eigenvalue weighted by Crippen LogP contribution is 2.20. The van der Waals surface area contributed by atoms with Crippen LogP contribution in [0.1, 0.15) is 24.8 Å². The number of aliphatic carboxylic acids is 1. The van der Waals surface area contributed by atoms with Crippen LogP contribution in [0.15, 0.2) is 28.7 Å². The molecule has 2 aromatic rings. The van der Waals surface area contributed by atoms with Crippen LogP contribution in [0.4, 0.5) is 0 Å². The Morgan fingerprint density at radius 1 is 1.50 bits per heavy atom. The van der Waals surface area contributed by atoms with Crippen molar-refractivity contribution >= 4 is 5.97 Å². The summed E-state index contributed by atoms with van der Waals surface area (Å²) in [6.07, 6.45) is 0.471. The van der Waals surface area contributed by atoms with Crippen molar-refractivity contribution in [1.82, 2.24) is 10.2 Å². The third kappa shape index (κ3) is 3.42. The number of carboxylic acids is 1. The zero-order valence-corrected chi connectivity index (χ0v) is 10.9. The van der Waals surface area contributed by atoms with Gasteiger partial charge in [0.2, 0.25) is 11.8 Å². The maximum atomic E-state index is 10.6. The van der Waals surface area contributed by atoms with Crippen LogP contribution in [-0.4, -0.2) is 21.3 Å². The second kappa shape index (κ2) is 5.97. The minimum atomic E-state index is -0.848. The average molecular weight is 271 g/mol. The Bertz CT molecular complexity index is 658. The second-order valence-corrected chi connectivity index (χ2v) is 4.60. The smallest absolute Gasteiger partial charge is 0.303 e. The van der Waals surface area contributed by atoms with Gasteiger partial charge in [-0.05, 0) is 24.1 Å². The molecule has 0 fully saturated rings. The monoisotopic (exact) mass is 271 g/mol. The molecule has 0 aliphatic heterocycles. The van der Waals surface area contributed by atoms with E-state index in [0.717, 1.165) is 0 Å². The standard InChI is InChI=1S/C14H13N3O3/c1-9(6-13(18)19)5-12-16-17-14(20-12)11-4-2-3-10(7-11)8-15/h2-4,7,9H,5-6H2,1H3,(H,18,19). The molecule has 1 aromatic carbocycles. The van der Waals surface area contributed by atoms with E-state index in [1.807, 2.05) is 13.0 Å². The fourth-order valence-electron chi connectivity index (χ4n) is 1.84. The minimum absolute atomic E-state index is 0.0572. The highest BCUT2D eigenvalue weighted by atomic mass is 16.4. The van der Waals surface area contributed by atoms with Crippen LogP contribution < -0.4 is 0 Å². The van der Waals surface area contributed by atoms with Crippen molar-refractivity contribution in [1.29, 1.82) is 5.26 Å². The van der Waals surface area contributed by atoms with E-state index in [2.05, 4.69) is 10.2 Å². The Morgan fingerprint density at radius 3 is 3.00 bits per heavy atom. The van der Waals surface area contributed by atoms with Crippen molar-refractivity contribution in [2.75, 3.05) is 0 Å². The highest BCUT2D eigenvalue weighted by molar-refractivity contribution is 5.67. The molecule has 20 heavy (non-hydrogen) atoms. The van der Waals surface area contributed by atoms with Gasteiger partial charge in [-0.3, -0.25) is 4.79 Å². The van der Waals surface area contributed by atoms with Crippen LogP contribution >= 0.6 is 0 Å². The molecule has 0 saturated heterocycles. The van der Waals surface area contributed by atoms with Gasteiger partial charge in [0.15, 0.2) is 0 Å². The number of aromatic nitrogens is 2. The van der Waals surface area contributed by atoms with Crippen LogP contribution in [0, 0.1) is 17.2 Å². The van der Waals surface area contributed by atoms with E-state index >= 15 is 0 Å². The first-order chi connectivity index (χ1) is 9.58. The summed E-state index contributed by atoms with van der Waals surface area (Å²) >= 11 is 0. The van der Waals surface area contributed by atoms with E-state index in [4.69, 9.17) is 14.8 Å². The van der Waals surface area contributed by atoms with Crippen LogP contribution in [0.2, 0.25) is 0 Å². The number of carboxylic acid groups (broad SMARTS) is 1. The summed E-state index contributed by atoms with van der Waals surface area (Å²) in [5, 5.41) is 25.4. The van der Waals surface area contributed by atoms with Gasteiger partial charge in [-0.25, -0.2) is 0 Å². The maximum Gasteiger partial charge on any atom is 0.303 e. The molecule has 0 spiro atoms. The van der Waals surface area contributed by atoms with Gasteiger partial charge >= 0.3 is 5.97 Å². The molecule has 0 amide bonds. The predicted molar refractivity (Wildman–Crippen MR) is 69.6 cm³/mol. The summed E-state index contributed by atoms with van der Waals surface area (Å²) < 4.78 is 5.50. The lowest BCUT2D eigenvalue weighted by Gasteiger charge is -2.03. The number of benzene rings is 1. The van der Waals surface area contributed by atoms with Gasteiger partial charge in [0.25, 0.3) is 0 Å². The van der Waals surface area contributed by atoms with Crippen molar-refractivity contribution < 1.29 is 14.3 Å². The number of hydrogen-bond acceptors (Lipinski definition) is 5. The zero-order chi connectivity index (χ0) is 14.5. The number of nitriles is 1. The summed E-state index contributed by atoms with van der Waals surface area (Å²) in [7, 11) is 0. The van der Waals surface area contributed by atoms with E-state index in [-0.39, 0.29) is 12.3 Å². The number of nitrogens with zero attached hydrogens (tertiary/aromatic N) is 3. The first-order valence-corrected chi connectivity index (χ1v) is 6.13. The number of hydrogen-bond donors (Lipinski definition) is 1. The Morgan fingerprint density at radius 2 is 2.30 bits per heavy atom. The molecule has 1 unspecified atom stereocenters. The molecule has 6 nitrogen and oxygen atoms in total. The Balaban J connectivity index is 2.12. The Hall–Kier alpha value is -2.68. The van der Waals surface area contributed by atoms with Crippen molar-refractivity contribution in [3.8, 4) is 17.5 Å². The van der Waals surface area contributed by atoms with Gasteiger partial charge in [0.1, 0.15) is 0 Å². The van der Waals surface area contributed by atoms with Gasteiger partial charge in [-0.1, -0.05) is 13.0 Å². The number of carbonyl (C=O) groups is 1. The third-order valence-corrected chi connectivity index (χ3v) is 2.75. The largest absolute Gasteiger partial charge is 0.481 e. The molecule has 0 aliphatic carbocycles. The molecule has 1 atom stereocenters. The van der Waals surface area contributed by atoms with E-state index < -0.39 is 5.97 Å². The van der Waals surface area contributed by atoms with Crippen molar-refractivity contribution in [2.45, 2.75) is 19.8 Å². The lowest BCUT2D eigenvalue weighted by Crippen LogP contribution is -2.07. The van der Waals surface area contributed by atoms with Crippen LogP contribution in [-0.2, 0) is 11.2 Å². The van der Waals surface area contributed by atoms with Gasteiger partial charge in [0.05, 0.1) is 11.6 Å². The normalized spacial score (nSPS) is 11.8. The predicted octanol–water partition coefficient (Wildman–Crippen LogP) is 2.26. The number of rotatable bonds is 5. The van der Waals surface area contributed by atoms with E-state index in [0.29, 0.717) is 29.3 Å². The lowest BCUT2D eigenvalue weighted by atomic mass is 10.0. The highest BCUT2D eigenvalue weighted by Gasteiger charge is 2.14. The van der Waals surface area contributed by atoms with Crippen molar-refractivity contribution in [3.05, 3.63) is 35.7 Å². The van der Waals surface area contributed by atoms with Gasteiger partial charge in [-0.15, -0.1) is 10.2 Å². The van der Waals surface area contributed by atoms with Gasteiger partial charge in [0, 0.05) is 18.4 Å². The first-order valence-electron chi connectivity index (χ1n) is 6.13. The van der Waals surface area contributed by atoms with Crippen LogP contribution in [0.25, 0.3) is 11.5 Å². The summed E-state index contributed by atoms with van der Waals surface area (Å²) in [5.74, 6) is -0.194. The molecule has 0 saturated carbocycles. The van der Waals surface area contributed by atoms with Crippen LogP contribution in [0.5, 0.6) is 0 Å². The van der Waals surface area contributed by atoms with Gasteiger partial charge in [-0.2, -0.15) is 5.26 Å². The van der Waals surface area contributed by atoms with Crippen molar-refractivity contribution in [3.63, 3.8) is 0 Å². The quantitative estimate of drug-likeness (QED) is 0.895. The zero-order valence-electron chi connectivity index (χ0n) is 10.9. The van der Waals surface area contributed by atoms with E-state index in [1.54, 1.807) is 24.3 Å². The maximum absolute atomic E-state index is 10.6. The minimum Gasteiger partial charge on any atom is -0.481 e. The first kappa shape index (κ1) is 13.7. The summed E-state index contributed by atoms with van der Waals surface area (Å²) in [6.45, 7) is 1.81. The Kier molecular flexibility index (Phi) is 4.11. The molecule has 0 aliphatic rings. The van der Waals surface area contributed by atoms with Crippen LogP contribution in [0.3, 0.4) is 0 Å². The molecule has 0 radical (unpaired) electrons. The van der Waals surface area contributed by atoms with Gasteiger partial charge < -0.3 is 9.52 Å². The van der Waals surface area contributed by atoms with Crippen molar-refractivity contribution in [2.24, 2.45) is 5.92 Å². The molecule has 1 aromatic heterocycles. The fraction of sp³-hybridized carbons (Fsp3) is 0.286. The topological polar surface area (TPSA) is 100 Å². The molecule has 102 valence electrons. The fourth-order valence-corrected chi connectivity index (χ4v) is 1.84. The second-order valence-electron chi connectivity index (χ2n) is 4.60. The molecule has 1 heterocycles. The molecular formula is C14H13N3O3. The molecule has 0 bridgehead atoms. The summed E-state index contributed by atoms with van der Waals surface area (Å²) in [4.78, 5) is 10.6. The lowest BCUT2D eigenvalue weighted by molar-refractivity contribution is -0.137. The third-order valence-electron chi connectivity index (χ3n) is 2.75. The molecule has 1 N–H and O–H groups in total. The van der Waals surface area contributed by atoms with E-state index in [9.17, 15) is 4.79 Å². The molecule has 6 heteroatoms. The molecular weight excluding hydrogens is 258 g/mol. The summed E-state index contributed by atoms with van der Waals surface area (Å²) in [6, 6.07) is 8.91.